The molecule has 2 fully saturated rings. The van der Waals surface area contributed by atoms with Crippen molar-refractivity contribution in [1.29, 1.82) is 5.26 Å². The fourth-order valence-corrected chi connectivity index (χ4v) is 2.20. The Morgan fingerprint density at radius 3 is 2.38 bits per heavy atom. The highest BCUT2D eigenvalue weighted by atomic mass is 16.7. The van der Waals surface area contributed by atoms with Gasteiger partial charge in [0.25, 0.3) is 0 Å². The molecule has 0 spiro atoms. The Bertz CT molecular complexity index is 589. The largest absolute Gasteiger partial charge is 0.500 e. The van der Waals surface area contributed by atoms with Gasteiger partial charge in [0, 0.05) is 11.7 Å². The van der Waals surface area contributed by atoms with Gasteiger partial charge < -0.3 is 14.0 Å². The Morgan fingerprint density at radius 2 is 1.86 bits per heavy atom. The lowest BCUT2D eigenvalue weighted by molar-refractivity contribution is 0.00578. The van der Waals surface area contributed by atoms with Crippen molar-refractivity contribution in [2.24, 2.45) is 0 Å². The van der Waals surface area contributed by atoms with Gasteiger partial charge in [-0.2, -0.15) is 5.26 Å². The molecule has 0 N–H and O–H groups in total. The number of ether oxygens (including phenoxy) is 1. The van der Waals surface area contributed by atoms with Gasteiger partial charge in [0.05, 0.1) is 29.1 Å². The van der Waals surface area contributed by atoms with Crippen LogP contribution in [0.1, 0.15) is 46.1 Å². The van der Waals surface area contributed by atoms with Gasteiger partial charge >= 0.3 is 7.12 Å². The molecule has 1 aliphatic heterocycles. The second kappa shape index (κ2) is 4.72. The summed E-state index contributed by atoms with van der Waals surface area (Å²) in [4.78, 5) is 4.08. The van der Waals surface area contributed by atoms with E-state index in [1.807, 2.05) is 27.7 Å². The summed E-state index contributed by atoms with van der Waals surface area (Å²) in [5, 5.41) is 9.36. The van der Waals surface area contributed by atoms with Crippen LogP contribution in [0.2, 0.25) is 0 Å². The zero-order chi connectivity index (χ0) is 15.3. The minimum absolute atomic E-state index is 0.224. The molecule has 0 unspecified atom stereocenters. The van der Waals surface area contributed by atoms with E-state index in [4.69, 9.17) is 14.0 Å². The molecule has 1 aromatic rings. The van der Waals surface area contributed by atoms with E-state index in [-0.39, 0.29) is 6.10 Å². The first-order chi connectivity index (χ1) is 9.84. The van der Waals surface area contributed by atoms with Crippen molar-refractivity contribution in [3.8, 4) is 11.8 Å². The topological polar surface area (TPSA) is 64.4 Å². The number of nitriles is 1. The molecule has 3 rings (SSSR count). The van der Waals surface area contributed by atoms with E-state index in [0.717, 1.165) is 12.8 Å². The average molecular weight is 286 g/mol. The van der Waals surface area contributed by atoms with E-state index in [1.54, 1.807) is 6.20 Å². The quantitative estimate of drug-likeness (QED) is 0.793. The molecule has 5 nitrogen and oxygen atoms in total. The lowest BCUT2D eigenvalue weighted by atomic mass is 9.76. The summed E-state index contributed by atoms with van der Waals surface area (Å²) < 4.78 is 18.0. The fraction of sp³-hybridized carbons (Fsp3) is 0.600. The molecule has 2 aliphatic rings. The normalized spacial score (nSPS) is 22.9. The van der Waals surface area contributed by atoms with Crippen LogP contribution in [0, 0.1) is 11.3 Å². The van der Waals surface area contributed by atoms with E-state index in [0.29, 0.717) is 16.8 Å². The van der Waals surface area contributed by atoms with Gasteiger partial charge in [0.1, 0.15) is 11.8 Å². The van der Waals surface area contributed by atoms with Crippen LogP contribution in [0.25, 0.3) is 0 Å². The smallest absolute Gasteiger partial charge is 0.489 e. The van der Waals surface area contributed by atoms with Gasteiger partial charge in [0.2, 0.25) is 0 Å². The molecule has 0 amide bonds. The molecule has 1 saturated heterocycles. The predicted molar refractivity (Wildman–Crippen MR) is 78.3 cm³/mol. The third kappa shape index (κ3) is 2.52. The van der Waals surface area contributed by atoms with E-state index >= 15 is 0 Å². The van der Waals surface area contributed by atoms with Crippen molar-refractivity contribution in [1.82, 2.24) is 4.98 Å². The highest BCUT2D eigenvalue weighted by molar-refractivity contribution is 6.64. The molecule has 0 aromatic carbocycles. The van der Waals surface area contributed by atoms with Crippen LogP contribution in [0.5, 0.6) is 5.75 Å². The van der Waals surface area contributed by atoms with Crippen molar-refractivity contribution in [2.75, 3.05) is 0 Å². The van der Waals surface area contributed by atoms with Gasteiger partial charge in [-0.3, -0.25) is 4.98 Å². The van der Waals surface area contributed by atoms with E-state index in [9.17, 15) is 5.26 Å². The number of pyridine rings is 1. The van der Waals surface area contributed by atoms with Crippen LogP contribution in [0.15, 0.2) is 12.4 Å². The van der Waals surface area contributed by atoms with Gasteiger partial charge in [0.15, 0.2) is 0 Å². The molecule has 0 radical (unpaired) electrons. The minimum atomic E-state index is -0.610. The van der Waals surface area contributed by atoms with Crippen LogP contribution in [-0.2, 0) is 9.31 Å². The lowest BCUT2D eigenvalue weighted by Crippen LogP contribution is -2.41. The maximum Gasteiger partial charge on any atom is 0.500 e. The van der Waals surface area contributed by atoms with Crippen LogP contribution >= 0.6 is 0 Å². The Morgan fingerprint density at radius 1 is 1.24 bits per heavy atom. The zero-order valence-electron chi connectivity index (χ0n) is 12.8. The summed E-state index contributed by atoms with van der Waals surface area (Å²) in [7, 11) is -0.610. The minimum Gasteiger partial charge on any atom is -0.489 e. The molecule has 0 atom stereocenters. The fourth-order valence-electron chi connectivity index (χ4n) is 2.20. The van der Waals surface area contributed by atoms with Crippen molar-refractivity contribution in [3.05, 3.63) is 18.0 Å². The summed E-state index contributed by atoms with van der Waals surface area (Å²) in [6, 6.07) is 2.16. The summed E-state index contributed by atoms with van der Waals surface area (Å²) in [5.74, 6) is 0.593. The Hall–Kier alpha value is -1.58. The van der Waals surface area contributed by atoms with E-state index < -0.39 is 18.3 Å². The first kappa shape index (κ1) is 14.4. The molecule has 1 aromatic heterocycles. The number of hydrogen-bond donors (Lipinski definition) is 0. The van der Waals surface area contributed by atoms with Crippen LogP contribution < -0.4 is 10.2 Å². The van der Waals surface area contributed by atoms with Gasteiger partial charge in [-0.25, -0.2) is 0 Å². The number of rotatable bonds is 3. The average Bonchev–Trinajstić information content (AvgIpc) is 3.17. The van der Waals surface area contributed by atoms with Crippen LogP contribution in [0.4, 0.5) is 0 Å². The van der Waals surface area contributed by atoms with Crippen molar-refractivity contribution in [2.45, 2.75) is 57.8 Å². The van der Waals surface area contributed by atoms with Gasteiger partial charge in [-0.15, -0.1) is 0 Å². The van der Waals surface area contributed by atoms with Crippen molar-refractivity contribution < 1.29 is 14.0 Å². The molecule has 1 aliphatic carbocycles. The molecule has 2 heterocycles. The van der Waals surface area contributed by atoms with Gasteiger partial charge in [-0.1, -0.05) is 0 Å². The zero-order valence-corrected chi connectivity index (χ0v) is 12.8. The maximum absolute atomic E-state index is 9.36. The standard InChI is InChI=1S/C15H19BN2O3/c1-14(2)15(3,4)21-16(20-14)13-10(7-17)8-18-9-12(13)19-11-5-6-11/h8-9,11H,5-6H2,1-4H3. The first-order valence-electron chi connectivity index (χ1n) is 7.24. The molecule has 21 heavy (non-hydrogen) atoms. The summed E-state index contributed by atoms with van der Waals surface area (Å²) in [6.45, 7) is 7.95. The second-order valence-corrected chi connectivity index (χ2v) is 6.62. The maximum atomic E-state index is 9.36. The van der Waals surface area contributed by atoms with Crippen LogP contribution in [-0.4, -0.2) is 29.4 Å². The number of aromatic nitrogens is 1. The number of nitrogens with zero attached hydrogens (tertiary/aromatic N) is 2. The SMILES string of the molecule is CC1(C)OB(c2c(C#N)cncc2OC2CC2)OC1(C)C. The molecule has 1 saturated carbocycles. The van der Waals surface area contributed by atoms with E-state index in [1.165, 1.54) is 6.20 Å². The van der Waals surface area contributed by atoms with Gasteiger partial charge in [-0.05, 0) is 40.5 Å². The monoisotopic (exact) mass is 286 g/mol. The van der Waals surface area contributed by atoms with Crippen LogP contribution in [0.3, 0.4) is 0 Å². The molecular weight excluding hydrogens is 267 g/mol. The lowest BCUT2D eigenvalue weighted by Gasteiger charge is -2.32. The molecule has 6 heteroatoms. The highest BCUT2D eigenvalue weighted by Gasteiger charge is 2.53. The number of hydrogen-bond acceptors (Lipinski definition) is 5. The Balaban J connectivity index is 1.99. The Kier molecular flexibility index (Phi) is 3.23. The second-order valence-electron chi connectivity index (χ2n) is 6.62. The molecular formula is C15H19BN2O3. The first-order valence-corrected chi connectivity index (χ1v) is 7.24. The van der Waals surface area contributed by atoms with E-state index in [2.05, 4.69) is 11.1 Å². The highest BCUT2D eigenvalue weighted by Crippen LogP contribution is 2.37. The predicted octanol–water partition coefficient (Wildman–Crippen LogP) is 1.79. The summed E-state index contributed by atoms with van der Waals surface area (Å²) in [6.07, 6.45) is 5.47. The third-order valence-electron chi connectivity index (χ3n) is 4.38. The van der Waals surface area contributed by atoms with Crippen molar-refractivity contribution in [3.63, 3.8) is 0 Å². The molecule has 110 valence electrons. The third-order valence-corrected chi connectivity index (χ3v) is 4.38. The summed E-state index contributed by atoms with van der Waals surface area (Å²) >= 11 is 0. The van der Waals surface area contributed by atoms with Crippen molar-refractivity contribution >= 4 is 12.6 Å². The summed E-state index contributed by atoms with van der Waals surface area (Å²) in [5.41, 5.74) is 0.180. The molecule has 0 bridgehead atoms. The Labute approximate surface area is 125 Å².